The van der Waals surface area contributed by atoms with Crippen LogP contribution in [0.2, 0.25) is 0 Å². The lowest BCUT2D eigenvalue weighted by atomic mass is 9.83. The summed E-state index contributed by atoms with van der Waals surface area (Å²) in [6.07, 6.45) is -0.850. The lowest BCUT2D eigenvalue weighted by Gasteiger charge is -2.37. The van der Waals surface area contributed by atoms with Gasteiger partial charge in [0.1, 0.15) is 29.1 Å². The Labute approximate surface area is 179 Å². The van der Waals surface area contributed by atoms with Gasteiger partial charge in [0.15, 0.2) is 23.4 Å². The number of hydrogen-bond donors (Lipinski definition) is 5. The van der Waals surface area contributed by atoms with Gasteiger partial charge in [0.2, 0.25) is 0 Å². The zero-order valence-electron chi connectivity index (χ0n) is 17.6. The van der Waals surface area contributed by atoms with E-state index in [2.05, 4.69) is 0 Å². The van der Waals surface area contributed by atoms with Crippen LogP contribution in [0, 0.1) is 6.92 Å². The van der Waals surface area contributed by atoms with Gasteiger partial charge < -0.3 is 34.7 Å². The molecule has 4 rings (SSSR count). The summed E-state index contributed by atoms with van der Waals surface area (Å²) in [6, 6.07) is 8.04. The molecule has 0 spiro atoms. The van der Waals surface area contributed by atoms with Crippen molar-refractivity contribution in [1.82, 2.24) is 0 Å². The first kappa shape index (κ1) is 20.9. The predicted molar refractivity (Wildman–Crippen MR) is 113 cm³/mol. The average Bonchev–Trinajstić information content (AvgIpc) is 3.20. The first-order valence-electron chi connectivity index (χ1n) is 10.2. The van der Waals surface area contributed by atoms with Gasteiger partial charge in [0, 0.05) is 35.4 Å². The molecule has 7 heteroatoms. The molecule has 0 bridgehead atoms. The number of hydrogen-bond acceptors (Lipinski definition) is 7. The van der Waals surface area contributed by atoms with Crippen LogP contribution in [0.15, 0.2) is 34.7 Å². The fourth-order valence-electron chi connectivity index (χ4n) is 4.11. The van der Waals surface area contributed by atoms with Crippen LogP contribution in [0.25, 0.3) is 0 Å². The summed E-state index contributed by atoms with van der Waals surface area (Å²) < 4.78 is 12.0. The maximum absolute atomic E-state index is 10.9. The van der Waals surface area contributed by atoms with E-state index in [-0.39, 0.29) is 11.7 Å². The molecule has 0 amide bonds. The van der Waals surface area contributed by atoms with Gasteiger partial charge in [-0.25, -0.2) is 0 Å². The van der Waals surface area contributed by atoms with Crippen molar-refractivity contribution in [2.75, 3.05) is 0 Å². The Balaban J connectivity index is 1.81. The number of phenols is 4. The number of benzene rings is 2. The Morgan fingerprint density at radius 3 is 2.19 bits per heavy atom. The molecule has 164 valence electrons. The molecule has 0 saturated carbocycles. The molecule has 1 aliphatic rings. The lowest BCUT2D eigenvalue weighted by molar-refractivity contribution is 0.00278. The van der Waals surface area contributed by atoms with Crippen LogP contribution in [-0.2, 0) is 12.8 Å². The molecule has 3 aromatic rings. The van der Waals surface area contributed by atoms with Gasteiger partial charge in [0.25, 0.3) is 0 Å². The molecule has 0 fully saturated rings. The summed E-state index contributed by atoms with van der Waals surface area (Å²) in [4.78, 5) is 0. The number of aromatic hydroxyl groups is 4. The van der Waals surface area contributed by atoms with Gasteiger partial charge in [0.05, 0.1) is 0 Å². The van der Waals surface area contributed by atoms with Crippen LogP contribution in [0.4, 0.5) is 0 Å². The average molecular weight is 426 g/mol. The van der Waals surface area contributed by atoms with Gasteiger partial charge in [-0.3, -0.25) is 0 Å². The Morgan fingerprint density at radius 1 is 0.935 bits per heavy atom. The zero-order chi connectivity index (χ0) is 22.4. The summed E-state index contributed by atoms with van der Waals surface area (Å²) in [5.74, 6) is 0.0262. The van der Waals surface area contributed by atoms with Crippen molar-refractivity contribution in [3.05, 3.63) is 64.1 Å². The van der Waals surface area contributed by atoms with Crippen LogP contribution in [0.5, 0.6) is 28.7 Å². The van der Waals surface area contributed by atoms with Gasteiger partial charge in [-0.15, -0.1) is 0 Å². The molecule has 1 aromatic heterocycles. The fraction of sp³-hybridized carbons (Fsp3) is 0.333. The second kappa shape index (κ2) is 7.74. The molecule has 31 heavy (non-hydrogen) atoms. The topological polar surface area (TPSA) is 124 Å². The smallest absolute Gasteiger partial charge is 0.200 e. The van der Waals surface area contributed by atoms with Crippen molar-refractivity contribution >= 4 is 0 Å². The summed E-state index contributed by atoms with van der Waals surface area (Å²) in [6.45, 7) is 5.63. The molecule has 7 nitrogen and oxygen atoms in total. The molecular weight excluding hydrogens is 400 g/mol. The fourth-order valence-corrected chi connectivity index (χ4v) is 4.11. The van der Waals surface area contributed by atoms with E-state index in [1.165, 1.54) is 12.1 Å². The van der Waals surface area contributed by atoms with E-state index in [1.54, 1.807) is 13.0 Å². The number of phenolic OH excluding ortho intramolecular Hbond substituents is 4. The second-order valence-electron chi connectivity index (χ2n) is 8.06. The standard InChI is InChI=1S/C24H26O7/c1-4-14-5-6-15(30-14)10-17-20(27)11(2)7-16-12(3)21(28)23(31-24(16)17)13-8-18(25)22(29)19(26)9-13/h5-9,12,21,23,25-29H,4,10H2,1-3H3. The summed E-state index contributed by atoms with van der Waals surface area (Å²) in [5.41, 5.74) is 2.26. The molecule has 0 aliphatic carbocycles. The van der Waals surface area contributed by atoms with Crippen LogP contribution >= 0.6 is 0 Å². The largest absolute Gasteiger partial charge is 0.507 e. The molecule has 5 N–H and O–H groups in total. The number of aliphatic hydroxyl groups excluding tert-OH is 1. The highest BCUT2D eigenvalue weighted by atomic mass is 16.5. The third kappa shape index (κ3) is 3.55. The minimum absolute atomic E-state index is 0.0898. The van der Waals surface area contributed by atoms with Gasteiger partial charge in [-0.2, -0.15) is 0 Å². The van der Waals surface area contributed by atoms with Gasteiger partial charge in [-0.1, -0.05) is 13.8 Å². The maximum atomic E-state index is 10.9. The predicted octanol–water partition coefficient (Wildman–Crippen LogP) is 4.16. The van der Waals surface area contributed by atoms with Gasteiger partial charge in [-0.05, 0) is 42.8 Å². The van der Waals surface area contributed by atoms with Crippen LogP contribution in [0.1, 0.15) is 59.6 Å². The van der Waals surface area contributed by atoms with E-state index in [0.717, 1.165) is 17.7 Å². The number of aliphatic hydroxyl groups is 1. The first-order chi connectivity index (χ1) is 14.7. The van der Waals surface area contributed by atoms with E-state index < -0.39 is 29.5 Å². The monoisotopic (exact) mass is 426 g/mol. The zero-order valence-corrected chi connectivity index (χ0v) is 17.6. The Morgan fingerprint density at radius 2 is 1.58 bits per heavy atom. The molecule has 2 heterocycles. The minimum atomic E-state index is -0.983. The highest BCUT2D eigenvalue weighted by Gasteiger charge is 2.38. The maximum Gasteiger partial charge on any atom is 0.200 e. The first-order valence-corrected chi connectivity index (χ1v) is 10.2. The summed E-state index contributed by atoms with van der Waals surface area (Å²) in [5, 5.41) is 51.2. The summed E-state index contributed by atoms with van der Waals surface area (Å²) in [7, 11) is 0. The molecular formula is C24H26O7. The number of ether oxygens (including phenoxy) is 1. The van der Waals surface area contributed by atoms with Crippen molar-refractivity contribution in [1.29, 1.82) is 0 Å². The molecule has 1 aliphatic heterocycles. The Kier molecular flexibility index (Phi) is 5.23. The van der Waals surface area contributed by atoms with Crippen molar-refractivity contribution in [3.63, 3.8) is 0 Å². The number of furan rings is 1. The molecule has 0 radical (unpaired) electrons. The quantitative estimate of drug-likeness (QED) is 0.397. The molecule has 2 aromatic carbocycles. The van der Waals surface area contributed by atoms with Crippen LogP contribution in [-0.4, -0.2) is 31.6 Å². The second-order valence-corrected chi connectivity index (χ2v) is 8.06. The SMILES string of the molecule is CCc1ccc(Cc2c(O)c(C)cc3c2OC(c2cc(O)c(O)c(O)c2)C(O)C3C)o1. The molecule has 0 saturated heterocycles. The normalized spacial score (nSPS) is 20.3. The van der Waals surface area contributed by atoms with E-state index in [1.807, 2.05) is 26.0 Å². The van der Waals surface area contributed by atoms with Gasteiger partial charge >= 0.3 is 0 Å². The highest BCUT2D eigenvalue weighted by molar-refractivity contribution is 5.58. The van der Waals surface area contributed by atoms with Crippen molar-refractivity contribution < 1.29 is 34.7 Å². The Bertz CT molecular complexity index is 1110. The van der Waals surface area contributed by atoms with Crippen molar-refractivity contribution in [2.45, 2.75) is 51.7 Å². The van der Waals surface area contributed by atoms with E-state index >= 15 is 0 Å². The van der Waals surface area contributed by atoms with Crippen molar-refractivity contribution in [2.24, 2.45) is 0 Å². The minimum Gasteiger partial charge on any atom is -0.507 e. The highest BCUT2D eigenvalue weighted by Crippen LogP contribution is 2.49. The van der Waals surface area contributed by atoms with Crippen LogP contribution in [0.3, 0.4) is 0 Å². The van der Waals surface area contributed by atoms with E-state index in [4.69, 9.17) is 9.15 Å². The lowest BCUT2D eigenvalue weighted by Crippen LogP contribution is -2.33. The third-order valence-electron chi connectivity index (χ3n) is 5.96. The number of aryl methyl sites for hydroxylation is 2. The van der Waals surface area contributed by atoms with Crippen LogP contribution < -0.4 is 4.74 Å². The molecule has 3 unspecified atom stereocenters. The third-order valence-corrected chi connectivity index (χ3v) is 5.96. The summed E-state index contributed by atoms with van der Waals surface area (Å²) >= 11 is 0. The molecule has 3 atom stereocenters. The van der Waals surface area contributed by atoms with E-state index in [9.17, 15) is 25.5 Å². The number of fused-ring (bicyclic) bond motifs is 1. The van der Waals surface area contributed by atoms with E-state index in [0.29, 0.717) is 34.6 Å². The number of rotatable bonds is 4. The van der Waals surface area contributed by atoms with Crippen molar-refractivity contribution in [3.8, 4) is 28.7 Å². The Hall–Kier alpha value is -3.32.